The highest BCUT2D eigenvalue weighted by Gasteiger charge is 2.24. The van der Waals surface area contributed by atoms with E-state index in [0.717, 1.165) is 23.5 Å². The van der Waals surface area contributed by atoms with E-state index in [4.69, 9.17) is 4.74 Å². The van der Waals surface area contributed by atoms with Crippen molar-refractivity contribution >= 4 is 23.3 Å². The number of likely N-dealkylation sites (tertiary alicyclic amines) is 1. The lowest BCUT2D eigenvalue weighted by Gasteiger charge is -2.31. The molecule has 6 nitrogen and oxygen atoms in total. The van der Waals surface area contributed by atoms with Gasteiger partial charge in [-0.25, -0.2) is 9.78 Å². The van der Waals surface area contributed by atoms with Gasteiger partial charge in [0.25, 0.3) is 0 Å². The maximum atomic E-state index is 12.1. The summed E-state index contributed by atoms with van der Waals surface area (Å²) in [5.41, 5.74) is 1.10. The molecule has 1 aliphatic rings. The predicted molar refractivity (Wildman–Crippen MR) is 94.3 cm³/mol. The number of rotatable bonds is 6. The monoisotopic (exact) mass is 353 g/mol. The lowest BCUT2D eigenvalue weighted by atomic mass is 10.1. The Morgan fingerprint density at radius 3 is 2.71 bits per heavy atom. The summed E-state index contributed by atoms with van der Waals surface area (Å²) in [4.78, 5) is 30.0. The van der Waals surface area contributed by atoms with E-state index in [9.17, 15) is 9.59 Å². The first kappa shape index (κ1) is 18.7. The Hall–Kier alpha value is -1.63. The summed E-state index contributed by atoms with van der Waals surface area (Å²) >= 11 is 1.62. The number of hydrogen-bond donors (Lipinski definition) is 1. The Kier molecular flexibility index (Phi) is 7.02. The van der Waals surface area contributed by atoms with Crippen LogP contribution in [-0.2, 0) is 16.0 Å². The van der Waals surface area contributed by atoms with Gasteiger partial charge in [0.05, 0.1) is 17.3 Å². The molecule has 134 valence electrons. The van der Waals surface area contributed by atoms with Crippen LogP contribution >= 0.6 is 11.3 Å². The van der Waals surface area contributed by atoms with Crippen molar-refractivity contribution in [3.05, 3.63) is 16.1 Å². The lowest BCUT2D eigenvalue weighted by Crippen LogP contribution is -2.46. The van der Waals surface area contributed by atoms with Crippen LogP contribution in [0.4, 0.5) is 4.79 Å². The molecule has 1 saturated heterocycles. The SMILES string of the molecule is CCOC(=O)N1CCC(NC(=O)CCc2nc(C(C)C)cs2)CC1. The molecule has 2 amide bonds. The van der Waals surface area contributed by atoms with E-state index in [0.29, 0.717) is 38.5 Å². The fourth-order valence-corrected chi connectivity index (χ4v) is 3.61. The molecular formula is C17H27N3O3S. The third-order valence-electron chi connectivity index (χ3n) is 4.11. The number of aryl methyl sites for hydroxylation is 1. The summed E-state index contributed by atoms with van der Waals surface area (Å²) in [6, 6.07) is 0.144. The summed E-state index contributed by atoms with van der Waals surface area (Å²) in [6.07, 6.45) is 2.44. The number of thiazole rings is 1. The minimum Gasteiger partial charge on any atom is -0.450 e. The van der Waals surface area contributed by atoms with Crippen LogP contribution < -0.4 is 5.32 Å². The van der Waals surface area contributed by atoms with Crippen LogP contribution in [0, 0.1) is 0 Å². The van der Waals surface area contributed by atoms with Gasteiger partial charge in [-0.15, -0.1) is 11.3 Å². The van der Waals surface area contributed by atoms with Crippen molar-refractivity contribution in [2.24, 2.45) is 0 Å². The van der Waals surface area contributed by atoms with Crippen LogP contribution in [-0.4, -0.2) is 47.6 Å². The molecule has 24 heavy (non-hydrogen) atoms. The second-order valence-corrected chi connectivity index (χ2v) is 7.29. The van der Waals surface area contributed by atoms with Crippen molar-refractivity contribution in [3.63, 3.8) is 0 Å². The Bertz CT molecular complexity index is 551. The van der Waals surface area contributed by atoms with Crippen LogP contribution in [0.25, 0.3) is 0 Å². The molecule has 1 aliphatic heterocycles. The smallest absolute Gasteiger partial charge is 0.409 e. The van der Waals surface area contributed by atoms with Gasteiger partial charge in [0.1, 0.15) is 0 Å². The molecule has 7 heteroatoms. The van der Waals surface area contributed by atoms with Crippen molar-refractivity contribution in [3.8, 4) is 0 Å². The van der Waals surface area contributed by atoms with Gasteiger partial charge in [0, 0.05) is 37.4 Å². The fraction of sp³-hybridized carbons (Fsp3) is 0.706. The molecule has 1 N–H and O–H groups in total. The first-order valence-electron chi connectivity index (χ1n) is 8.65. The minimum atomic E-state index is -0.257. The molecule has 1 fully saturated rings. The van der Waals surface area contributed by atoms with Crippen molar-refractivity contribution in [2.45, 2.75) is 58.4 Å². The molecule has 1 aromatic heterocycles. The summed E-state index contributed by atoms with van der Waals surface area (Å²) in [5, 5.41) is 6.16. The van der Waals surface area contributed by atoms with Gasteiger partial charge in [-0.1, -0.05) is 13.8 Å². The largest absolute Gasteiger partial charge is 0.450 e. The van der Waals surface area contributed by atoms with Crippen LogP contribution in [0.15, 0.2) is 5.38 Å². The minimum absolute atomic E-state index is 0.0610. The van der Waals surface area contributed by atoms with Gasteiger partial charge in [-0.2, -0.15) is 0 Å². The fourth-order valence-electron chi connectivity index (χ4n) is 2.65. The normalized spacial score (nSPS) is 15.6. The summed E-state index contributed by atoms with van der Waals surface area (Å²) < 4.78 is 5.00. The van der Waals surface area contributed by atoms with Gasteiger partial charge in [0.2, 0.25) is 5.91 Å². The zero-order chi connectivity index (χ0) is 17.5. The standard InChI is InChI=1S/C17H27N3O3S/c1-4-23-17(22)20-9-7-13(8-10-20)18-15(21)5-6-16-19-14(11-24-16)12(2)3/h11-13H,4-10H2,1-3H3,(H,18,21). The summed E-state index contributed by atoms with van der Waals surface area (Å²) in [6.45, 7) is 7.70. The van der Waals surface area contributed by atoms with E-state index in [2.05, 4.69) is 29.5 Å². The first-order chi connectivity index (χ1) is 11.5. The van der Waals surface area contributed by atoms with Crippen molar-refractivity contribution in [2.75, 3.05) is 19.7 Å². The molecule has 2 heterocycles. The van der Waals surface area contributed by atoms with Gasteiger partial charge in [0.15, 0.2) is 0 Å². The second-order valence-electron chi connectivity index (χ2n) is 6.35. The molecule has 0 unspecified atom stereocenters. The van der Waals surface area contributed by atoms with Crippen LogP contribution in [0.2, 0.25) is 0 Å². The van der Waals surface area contributed by atoms with Gasteiger partial charge in [-0.3, -0.25) is 4.79 Å². The maximum Gasteiger partial charge on any atom is 0.409 e. The molecule has 0 bridgehead atoms. The van der Waals surface area contributed by atoms with E-state index in [-0.39, 0.29) is 18.0 Å². The van der Waals surface area contributed by atoms with Crippen LogP contribution in [0.3, 0.4) is 0 Å². The van der Waals surface area contributed by atoms with Crippen molar-refractivity contribution < 1.29 is 14.3 Å². The zero-order valence-corrected chi connectivity index (χ0v) is 15.5. The molecule has 0 aliphatic carbocycles. The molecule has 0 radical (unpaired) electrons. The average Bonchev–Trinajstić information content (AvgIpc) is 3.03. The Morgan fingerprint density at radius 2 is 2.12 bits per heavy atom. The van der Waals surface area contributed by atoms with E-state index < -0.39 is 0 Å². The molecule has 0 saturated carbocycles. The number of nitrogens with zero attached hydrogens (tertiary/aromatic N) is 2. The first-order valence-corrected chi connectivity index (χ1v) is 9.53. The Morgan fingerprint density at radius 1 is 1.42 bits per heavy atom. The van der Waals surface area contributed by atoms with Gasteiger partial charge in [-0.05, 0) is 25.7 Å². The number of amides is 2. The Labute approximate surface area is 147 Å². The highest BCUT2D eigenvalue weighted by Crippen LogP contribution is 2.19. The second kappa shape index (κ2) is 9.01. The molecule has 2 rings (SSSR count). The third-order valence-corrected chi connectivity index (χ3v) is 5.04. The number of carbonyl (C=O) groups is 2. The number of aromatic nitrogens is 1. The molecule has 0 atom stereocenters. The van der Waals surface area contributed by atoms with E-state index in [1.54, 1.807) is 23.2 Å². The van der Waals surface area contributed by atoms with Gasteiger partial charge >= 0.3 is 6.09 Å². The predicted octanol–water partition coefficient (Wildman–Crippen LogP) is 2.94. The number of hydrogen-bond acceptors (Lipinski definition) is 5. The highest BCUT2D eigenvalue weighted by atomic mass is 32.1. The molecular weight excluding hydrogens is 326 g/mol. The maximum absolute atomic E-state index is 12.1. The molecule has 1 aromatic rings. The highest BCUT2D eigenvalue weighted by molar-refractivity contribution is 7.09. The van der Waals surface area contributed by atoms with Crippen LogP contribution in [0.5, 0.6) is 0 Å². The number of carbonyl (C=O) groups excluding carboxylic acids is 2. The average molecular weight is 353 g/mol. The zero-order valence-electron chi connectivity index (χ0n) is 14.7. The van der Waals surface area contributed by atoms with E-state index in [1.807, 2.05) is 0 Å². The summed E-state index contributed by atoms with van der Waals surface area (Å²) in [7, 11) is 0. The van der Waals surface area contributed by atoms with Crippen LogP contribution in [0.1, 0.15) is 56.7 Å². The van der Waals surface area contributed by atoms with Crippen molar-refractivity contribution in [1.82, 2.24) is 15.2 Å². The summed E-state index contributed by atoms with van der Waals surface area (Å²) in [5.74, 6) is 0.485. The number of ether oxygens (including phenoxy) is 1. The van der Waals surface area contributed by atoms with E-state index in [1.165, 1.54) is 0 Å². The molecule has 0 spiro atoms. The van der Waals surface area contributed by atoms with E-state index >= 15 is 0 Å². The topological polar surface area (TPSA) is 71.5 Å². The third kappa shape index (κ3) is 5.47. The number of piperidine rings is 1. The number of nitrogens with one attached hydrogen (secondary N) is 1. The Balaban J connectivity index is 1.68. The van der Waals surface area contributed by atoms with Crippen molar-refractivity contribution in [1.29, 1.82) is 0 Å². The molecule has 0 aromatic carbocycles. The lowest BCUT2D eigenvalue weighted by molar-refractivity contribution is -0.122. The van der Waals surface area contributed by atoms with Gasteiger partial charge < -0.3 is 15.0 Å². The quantitative estimate of drug-likeness (QED) is 0.853.